The van der Waals surface area contributed by atoms with Crippen molar-refractivity contribution in [3.05, 3.63) is 17.7 Å². The zero-order valence-corrected chi connectivity index (χ0v) is 14.2. The van der Waals surface area contributed by atoms with E-state index < -0.39 is 0 Å². The van der Waals surface area contributed by atoms with Crippen molar-refractivity contribution >= 4 is 0 Å². The lowest BCUT2D eigenvalue weighted by Gasteiger charge is -2.24. The van der Waals surface area contributed by atoms with E-state index in [2.05, 4.69) is 26.1 Å². The van der Waals surface area contributed by atoms with Crippen LogP contribution in [-0.4, -0.2) is 27.9 Å². The van der Waals surface area contributed by atoms with Gasteiger partial charge >= 0.3 is 0 Å². The van der Waals surface area contributed by atoms with E-state index in [4.69, 9.17) is 14.2 Å². The van der Waals surface area contributed by atoms with Gasteiger partial charge in [0.25, 0.3) is 0 Å². The highest BCUT2D eigenvalue weighted by Crippen LogP contribution is 2.39. The van der Waals surface area contributed by atoms with Gasteiger partial charge in [0.2, 0.25) is 0 Å². The fourth-order valence-corrected chi connectivity index (χ4v) is 2.46. The molecule has 21 heavy (non-hydrogen) atoms. The minimum Gasteiger partial charge on any atom is -0.496 e. The molecule has 0 radical (unpaired) electrons. The van der Waals surface area contributed by atoms with Crippen LogP contribution in [0.1, 0.15) is 45.2 Å². The first-order chi connectivity index (χ1) is 10.1. The molecule has 0 aliphatic heterocycles. The SMILES string of the molecule is CCNC(CC(C)CC)c1cc(OC)c(OC)cc1OC. The maximum atomic E-state index is 5.55. The summed E-state index contributed by atoms with van der Waals surface area (Å²) in [5.74, 6) is 2.91. The van der Waals surface area contributed by atoms with Gasteiger partial charge in [-0.1, -0.05) is 27.2 Å². The van der Waals surface area contributed by atoms with Crippen molar-refractivity contribution in [3.63, 3.8) is 0 Å². The standard InChI is InChI=1S/C17H29NO3/c1-7-12(3)9-14(18-8-2)13-10-16(20-5)17(21-6)11-15(13)19-4/h10-12,14,18H,7-9H2,1-6H3. The first-order valence-corrected chi connectivity index (χ1v) is 7.64. The van der Waals surface area contributed by atoms with Crippen LogP contribution in [-0.2, 0) is 0 Å². The highest BCUT2D eigenvalue weighted by atomic mass is 16.5. The number of rotatable bonds is 9. The summed E-state index contributed by atoms with van der Waals surface area (Å²) in [6, 6.07) is 4.17. The summed E-state index contributed by atoms with van der Waals surface area (Å²) in [5, 5.41) is 3.55. The molecule has 1 aromatic rings. The third-order valence-electron chi connectivity index (χ3n) is 3.90. The topological polar surface area (TPSA) is 39.7 Å². The summed E-state index contributed by atoms with van der Waals surface area (Å²) in [7, 11) is 4.99. The van der Waals surface area contributed by atoms with Crippen LogP contribution in [0.4, 0.5) is 0 Å². The smallest absolute Gasteiger partial charge is 0.164 e. The van der Waals surface area contributed by atoms with Gasteiger partial charge < -0.3 is 19.5 Å². The summed E-state index contributed by atoms with van der Waals surface area (Å²) >= 11 is 0. The maximum Gasteiger partial charge on any atom is 0.164 e. The Bertz CT molecular complexity index is 434. The van der Waals surface area contributed by atoms with Crippen molar-refractivity contribution in [1.82, 2.24) is 5.32 Å². The van der Waals surface area contributed by atoms with Crippen molar-refractivity contribution < 1.29 is 14.2 Å². The zero-order chi connectivity index (χ0) is 15.8. The monoisotopic (exact) mass is 295 g/mol. The fourth-order valence-electron chi connectivity index (χ4n) is 2.46. The first kappa shape index (κ1) is 17.6. The fraction of sp³-hybridized carbons (Fsp3) is 0.647. The molecule has 1 aromatic carbocycles. The van der Waals surface area contributed by atoms with Crippen LogP contribution in [0.25, 0.3) is 0 Å². The Hall–Kier alpha value is -1.42. The van der Waals surface area contributed by atoms with E-state index >= 15 is 0 Å². The molecule has 4 nitrogen and oxygen atoms in total. The molecule has 4 heteroatoms. The van der Waals surface area contributed by atoms with E-state index in [0.717, 1.165) is 36.4 Å². The number of hydrogen-bond acceptors (Lipinski definition) is 4. The number of nitrogens with one attached hydrogen (secondary N) is 1. The molecule has 0 heterocycles. The van der Waals surface area contributed by atoms with Crippen LogP contribution in [0, 0.1) is 5.92 Å². The average molecular weight is 295 g/mol. The van der Waals surface area contributed by atoms with E-state index in [-0.39, 0.29) is 6.04 Å². The molecule has 2 unspecified atom stereocenters. The molecular weight excluding hydrogens is 266 g/mol. The second kappa shape index (κ2) is 8.78. The van der Waals surface area contributed by atoms with Crippen molar-refractivity contribution in [3.8, 4) is 17.2 Å². The highest BCUT2D eigenvalue weighted by Gasteiger charge is 2.20. The van der Waals surface area contributed by atoms with Crippen LogP contribution >= 0.6 is 0 Å². The number of methoxy groups -OCH3 is 3. The number of benzene rings is 1. The normalized spacial score (nSPS) is 13.6. The van der Waals surface area contributed by atoms with E-state index in [1.165, 1.54) is 0 Å². The Morgan fingerprint density at radius 3 is 2.00 bits per heavy atom. The van der Waals surface area contributed by atoms with E-state index in [1.807, 2.05) is 12.1 Å². The summed E-state index contributed by atoms with van der Waals surface area (Å²) in [4.78, 5) is 0. The molecule has 0 aliphatic rings. The lowest BCUT2D eigenvalue weighted by Crippen LogP contribution is -2.23. The van der Waals surface area contributed by atoms with Gasteiger partial charge in [-0.2, -0.15) is 0 Å². The molecule has 2 atom stereocenters. The van der Waals surface area contributed by atoms with Crippen LogP contribution in [0.5, 0.6) is 17.2 Å². The summed E-state index contributed by atoms with van der Waals surface area (Å²) < 4.78 is 16.3. The highest BCUT2D eigenvalue weighted by molar-refractivity contribution is 5.51. The van der Waals surface area contributed by atoms with Crippen LogP contribution < -0.4 is 19.5 Å². The number of ether oxygens (including phenoxy) is 3. The molecule has 0 bridgehead atoms. The largest absolute Gasteiger partial charge is 0.496 e. The molecule has 1 rings (SSSR count). The second-order valence-corrected chi connectivity index (χ2v) is 5.31. The molecular formula is C17H29NO3. The third-order valence-corrected chi connectivity index (χ3v) is 3.90. The molecule has 1 N–H and O–H groups in total. The van der Waals surface area contributed by atoms with Gasteiger partial charge in [-0.05, 0) is 24.9 Å². The Balaban J connectivity index is 3.21. The molecule has 0 amide bonds. The Kier molecular flexibility index (Phi) is 7.37. The van der Waals surface area contributed by atoms with Crippen molar-refractivity contribution in [2.45, 2.75) is 39.7 Å². The Morgan fingerprint density at radius 2 is 1.52 bits per heavy atom. The van der Waals surface area contributed by atoms with Gasteiger partial charge in [0.1, 0.15) is 5.75 Å². The molecule has 0 aliphatic carbocycles. The second-order valence-electron chi connectivity index (χ2n) is 5.31. The predicted molar refractivity (Wildman–Crippen MR) is 86.6 cm³/mol. The van der Waals surface area contributed by atoms with E-state index in [0.29, 0.717) is 11.7 Å². The van der Waals surface area contributed by atoms with Gasteiger partial charge in [-0.3, -0.25) is 0 Å². The van der Waals surface area contributed by atoms with Crippen LogP contribution in [0.2, 0.25) is 0 Å². The molecule has 0 saturated heterocycles. The summed E-state index contributed by atoms with van der Waals surface area (Å²) in [6.45, 7) is 7.53. The van der Waals surface area contributed by atoms with Crippen molar-refractivity contribution in [2.75, 3.05) is 27.9 Å². The minimum atomic E-state index is 0.250. The van der Waals surface area contributed by atoms with Gasteiger partial charge in [0, 0.05) is 17.7 Å². The van der Waals surface area contributed by atoms with Crippen LogP contribution in [0.3, 0.4) is 0 Å². The summed E-state index contributed by atoms with van der Waals surface area (Å²) in [6.07, 6.45) is 2.23. The van der Waals surface area contributed by atoms with Gasteiger partial charge in [0.15, 0.2) is 11.5 Å². The van der Waals surface area contributed by atoms with E-state index in [1.54, 1.807) is 21.3 Å². The van der Waals surface area contributed by atoms with E-state index in [9.17, 15) is 0 Å². The predicted octanol–water partition coefficient (Wildman–Crippen LogP) is 3.80. The molecule has 0 saturated carbocycles. The Morgan fingerprint density at radius 1 is 0.952 bits per heavy atom. The lowest BCUT2D eigenvalue weighted by molar-refractivity contribution is 0.340. The number of hydrogen-bond donors (Lipinski definition) is 1. The zero-order valence-electron chi connectivity index (χ0n) is 14.2. The molecule has 120 valence electrons. The van der Waals surface area contributed by atoms with Gasteiger partial charge in [-0.25, -0.2) is 0 Å². The van der Waals surface area contributed by atoms with Gasteiger partial charge in [-0.15, -0.1) is 0 Å². The average Bonchev–Trinajstić information content (AvgIpc) is 2.52. The molecule has 0 fully saturated rings. The minimum absolute atomic E-state index is 0.250. The molecule has 0 aromatic heterocycles. The summed E-state index contributed by atoms with van der Waals surface area (Å²) in [5.41, 5.74) is 1.12. The van der Waals surface area contributed by atoms with Crippen molar-refractivity contribution in [1.29, 1.82) is 0 Å². The molecule has 0 spiro atoms. The Labute approximate surface area is 128 Å². The third kappa shape index (κ3) is 4.53. The quantitative estimate of drug-likeness (QED) is 0.752. The van der Waals surface area contributed by atoms with Crippen molar-refractivity contribution in [2.24, 2.45) is 5.92 Å². The lowest BCUT2D eigenvalue weighted by atomic mass is 9.93. The maximum absolute atomic E-state index is 5.55. The first-order valence-electron chi connectivity index (χ1n) is 7.64. The van der Waals surface area contributed by atoms with Gasteiger partial charge in [0.05, 0.1) is 21.3 Å². The van der Waals surface area contributed by atoms with Crippen LogP contribution in [0.15, 0.2) is 12.1 Å².